The van der Waals surface area contributed by atoms with Crippen molar-refractivity contribution in [3.63, 3.8) is 0 Å². The number of carbonyl (C=O) groups excluding carboxylic acids is 1. The molecule has 2 aliphatic rings. The average Bonchev–Trinajstić information content (AvgIpc) is 2.67. The van der Waals surface area contributed by atoms with Crippen LogP contribution in [-0.2, 0) is 14.6 Å². The molecule has 29 heavy (non-hydrogen) atoms. The van der Waals surface area contributed by atoms with Crippen molar-refractivity contribution in [3.8, 4) is 11.5 Å². The summed E-state index contributed by atoms with van der Waals surface area (Å²) in [4.78, 5) is 14.9. The van der Waals surface area contributed by atoms with E-state index in [0.717, 1.165) is 16.7 Å². The fourth-order valence-corrected chi connectivity index (χ4v) is 6.28. The lowest BCUT2D eigenvalue weighted by Crippen LogP contribution is -2.64. The van der Waals surface area contributed by atoms with Gasteiger partial charge in [-0.25, -0.2) is 8.42 Å². The average molecular weight is 416 g/mol. The third kappa shape index (κ3) is 2.90. The standard InChI is InChI=1S/C22H25NO5S/c1-13-6-8-16(10-14(13)2)29(25,26)20-18-12-22(3,23(4)21(20)24)28-19-11-15(27-5)7-9-17(18)19/h6-11,18,20H,12H2,1-5H3/t18-,20+,22+/m1/s1. The molecule has 2 aliphatic heterocycles. The summed E-state index contributed by atoms with van der Waals surface area (Å²) in [5, 5.41) is -1.20. The second kappa shape index (κ2) is 6.49. The molecular weight excluding hydrogens is 390 g/mol. The maximum absolute atomic E-state index is 13.6. The Morgan fingerprint density at radius 2 is 1.86 bits per heavy atom. The number of ether oxygens (including phenoxy) is 2. The molecule has 0 aromatic heterocycles. The van der Waals surface area contributed by atoms with Crippen molar-refractivity contribution in [1.82, 2.24) is 4.90 Å². The van der Waals surface area contributed by atoms with Crippen LogP contribution in [0.15, 0.2) is 41.3 Å². The van der Waals surface area contributed by atoms with Crippen molar-refractivity contribution in [2.24, 2.45) is 0 Å². The van der Waals surface area contributed by atoms with Gasteiger partial charge >= 0.3 is 0 Å². The molecule has 2 bridgehead atoms. The van der Waals surface area contributed by atoms with Crippen LogP contribution in [0.3, 0.4) is 0 Å². The minimum atomic E-state index is -3.90. The number of fused-ring (bicyclic) bond motifs is 4. The number of rotatable bonds is 3. The number of likely N-dealkylation sites (tertiary alicyclic amines) is 1. The van der Waals surface area contributed by atoms with E-state index in [-0.39, 0.29) is 4.90 Å². The molecule has 0 saturated carbocycles. The highest BCUT2D eigenvalue weighted by Crippen LogP contribution is 2.50. The summed E-state index contributed by atoms with van der Waals surface area (Å²) in [5.41, 5.74) is 1.70. The normalized spacial score (nSPS) is 26.0. The van der Waals surface area contributed by atoms with E-state index >= 15 is 0 Å². The van der Waals surface area contributed by atoms with Crippen molar-refractivity contribution in [2.75, 3.05) is 14.2 Å². The summed E-state index contributed by atoms with van der Waals surface area (Å²) in [6.45, 7) is 5.62. The molecule has 154 valence electrons. The van der Waals surface area contributed by atoms with Crippen molar-refractivity contribution in [1.29, 1.82) is 0 Å². The number of aryl methyl sites for hydroxylation is 2. The summed E-state index contributed by atoms with van der Waals surface area (Å²) in [6.07, 6.45) is 0.406. The van der Waals surface area contributed by atoms with E-state index in [1.165, 1.54) is 4.90 Å². The van der Waals surface area contributed by atoms with E-state index in [1.807, 2.05) is 20.8 Å². The molecule has 2 heterocycles. The van der Waals surface area contributed by atoms with Gasteiger partial charge in [-0.3, -0.25) is 4.79 Å². The van der Waals surface area contributed by atoms with Gasteiger partial charge in [-0.2, -0.15) is 0 Å². The largest absolute Gasteiger partial charge is 0.497 e. The molecule has 0 unspecified atom stereocenters. The predicted molar refractivity (Wildman–Crippen MR) is 109 cm³/mol. The minimum Gasteiger partial charge on any atom is -0.497 e. The molecule has 0 aliphatic carbocycles. The monoisotopic (exact) mass is 415 g/mol. The van der Waals surface area contributed by atoms with Crippen LogP contribution in [0.25, 0.3) is 0 Å². The van der Waals surface area contributed by atoms with Crippen LogP contribution in [0.2, 0.25) is 0 Å². The number of amides is 1. The van der Waals surface area contributed by atoms with E-state index in [9.17, 15) is 13.2 Å². The second-order valence-electron chi connectivity index (χ2n) is 8.10. The highest BCUT2D eigenvalue weighted by atomic mass is 32.2. The molecule has 1 amide bonds. The Morgan fingerprint density at radius 1 is 1.14 bits per heavy atom. The third-order valence-electron chi connectivity index (χ3n) is 6.34. The Bertz CT molecular complexity index is 1110. The molecule has 2 aromatic rings. The Hall–Kier alpha value is -2.54. The second-order valence-corrected chi connectivity index (χ2v) is 10.2. The lowest BCUT2D eigenvalue weighted by atomic mass is 9.80. The van der Waals surface area contributed by atoms with Gasteiger partial charge in [-0.15, -0.1) is 0 Å². The van der Waals surface area contributed by atoms with Crippen LogP contribution in [0, 0.1) is 13.8 Å². The topological polar surface area (TPSA) is 72.9 Å². The van der Waals surface area contributed by atoms with E-state index in [1.54, 1.807) is 50.6 Å². The maximum Gasteiger partial charge on any atom is 0.244 e. The number of methoxy groups -OCH3 is 1. The first kappa shape index (κ1) is 19.8. The first-order valence-corrected chi connectivity index (χ1v) is 11.1. The Morgan fingerprint density at radius 3 is 2.52 bits per heavy atom. The number of hydrogen-bond acceptors (Lipinski definition) is 5. The molecule has 3 atom stereocenters. The van der Waals surface area contributed by atoms with Gasteiger partial charge in [0.1, 0.15) is 11.5 Å². The fourth-order valence-electron chi connectivity index (χ4n) is 4.29. The predicted octanol–water partition coefficient (Wildman–Crippen LogP) is 3.21. The summed E-state index contributed by atoms with van der Waals surface area (Å²) >= 11 is 0. The zero-order valence-electron chi connectivity index (χ0n) is 17.2. The SMILES string of the molecule is COc1ccc2c(c1)O[C@@]1(C)C[C@H]2[C@H](S(=O)(=O)c2ccc(C)c(C)c2)C(=O)N1C. The van der Waals surface area contributed by atoms with Crippen molar-refractivity contribution in [3.05, 3.63) is 53.1 Å². The number of hydrogen-bond donors (Lipinski definition) is 0. The van der Waals surface area contributed by atoms with Crippen LogP contribution < -0.4 is 9.47 Å². The first-order valence-electron chi connectivity index (χ1n) is 9.54. The van der Waals surface area contributed by atoms with Crippen molar-refractivity contribution < 1.29 is 22.7 Å². The van der Waals surface area contributed by atoms with E-state index in [0.29, 0.717) is 17.9 Å². The van der Waals surface area contributed by atoms with Crippen LogP contribution in [0.4, 0.5) is 0 Å². The van der Waals surface area contributed by atoms with Gasteiger partial charge in [0.05, 0.1) is 12.0 Å². The third-order valence-corrected chi connectivity index (χ3v) is 8.45. The number of piperidine rings is 1. The molecular formula is C22H25NO5S. The molecule has 1 fully saturated rings. The Labute approximate surface area is 171 Å². The van der Waals surface area contributed by atoms with Gasteiger partial charge in [0, 0.05) is 25.5 Å². The molecule has 7 heteroatoms. The van der Waals surface area contributed by atoms with E-state index in [2.05, 4.69) is 0 Å². The zero-order valence-corrected chi connectivity index (χ0v) is 18.0. The van der Waals surface area contributed by atoms with Crippen LogP contribution >= 0.6 is 0 Å². The zero-order chi connectivity index (χ0) is 21.1. The van der Waals surface area contributed by atoms with Crippen molar-refractivity contribution >= 4 is 15.7 Å². The molecule has 0 N–H and O–H groups in total. The Kier molecular flexibility index (Phi) is 4.42. The molecule has 1 saturated heterocycles. The van der Waals surface area contributed by atoms with Gasteiger partial charge in [-0.05, 0) is 55.7 Å². The van der Waals surface area contributed by atoms with Gasteiger partial charge in [0.2, 0.25) is 5.91 Å². The summed E-state index contributed by atoms with van der Waals surface area (Å²) in [5.74, 6) is 0.242. The summed E-state index contributed by atoms with van der Waals surface area (Å²) in [7, 11) is -0.728. The highest BCUT2D eigenvalue weighted by Gasteiger charge is 2.57. The highest BCUT2D eigenvalue weighted by molar-refractivity contribution is 7.92. The van der Waals surface area contributed by atoms with Crippen LogP contribution in [-0.4, -0.2) is 44.4 Å². The fraction of sp³-hybridized carbons (Fsp3) is 0.409. The quantitative estimate of drug-likeness (QED) is 0.770. The molecule has 0 spiro atoms. The van der Waals surface area contributed by atoms with Crippen LogP contribution in [0.1, 0.15) is 36.0 Å². The smallest absolute Gasteiger partial charge is 0.244 e. The lowest BCUT2D eigenvalue weighted by Gasteiger charge is -2.51. The van der Waals surface area contributed by atoms with E-state index in [4.69, 9.17) is 9.47 Å². The summed E-state index contributed by atoms with van der Waals surface area (Å²) < 4.78 is 38.7. The number of benzene rings is 2. The Balaban J connectivity index is 1.89. The summed E-state index contributed by atoms with van der Waals surface area (Å²) in [6, 6.07) is 10.4. The molecule has 0 radical (unpaired) electrons. The van der Waals surface area contributed by atoms with Gasteiger partial charge in [0.15, 0.2) is 20.8 Å². The minimum absolute atomic E-state index is 0.178. The number of nitrogens with zero attached hydrogens (tertiary/aromatic N) is 1. The van der Waals surface area contributed by atoms with Crippen LogP contribution in [0.5, 0.6) is 11.5 Å². The first-order chi connectivity index (χ1) is 13.6. The molecule has 2 aromatic carbocycles. The lowest BCUT2D eigenvalue weighted by molar-refractivity contribution is -0.159. The maximum atomic E-state index is 13.6. The van der Waals surface area contributed by atoms with Gasteiger partial charge in [0.25, 0.3) is 0 Å². The molecule has 4 rings (SSSR count). The number of sulfone groups is 1. The van der Waals surface area contributed by atoms with Crippen molar-refractivity contribution in [2.45, 2.75) is 49.0 Å². The number of carbonyl (C=O) groups is 1. The van der Waals surface area contributed by atoms with Gasteiger partial charge in [-0.1, -0.05) is 12.1 Å². The van der Waals surface area contributed by atoms with E-state index < -0.39 is 32.6 Å². The molecule has 6 nitrogen and oxygen atoms in total. The van der Waals surface area contributed by atoms with Gasteiger partial charge < -0.3 is 14.4 Å².